The van der Waals surface area contributed by atoms with Crippen LogP contribution in [0.25, 0.3) is 0 Å². The predicted octanol–water partition coefficient (Wildman–Crippen LogP) is 3.99. The second-order valence-corrected chi connectivity index (χ2v) is 5.89. The Morgan fingerprint density at radius 2 is 1.69 bits per heavy atom. The topological polar surface area (TPSA) is 3.24 Å². The van der Waals surface area contributed by atoms with Crippen molar-refractivity contribution in [2.45, 2.75) is 64.8 Å². The van der Waals surface area contributed by atoms with Gasteiger partial charge in [0.05, 0.1) is 0 Å². The first-order valence-electron chi connectivity index (χ1n) is 6.98. The van der Waals surface area contributed by atoms with Gasteiger partial charge in [-0.15, -0.1) is 0 Å². The third kappa shape index (κ3) is 3.66. The van der Waals surface area contributed by atoms with E-state index in [2.05, 4.69) is 38.4 Å². The largest absolute Gasteiger partial charge is 0.303 e. The van der Waals surface area contributed by atoms with Gasteiger partial charge in [-0.25, -0.2) is 0 Å². The van der Waals surface area contributed by atoms with E-state index >= 15 is 0 Å². The lowest BCUT2D eigenvalue weighted by Gasteiger charge is -2.39. The summed E-state index contributed by atoms with van der Waals surface area (Å²) in [5.41, 5.74) is 0.440. The molecule has 1 aliphatic carbocycles. The zero-order chi connectivity index (χ0) is 12.0. The fourth-order valence-electron chi connectivity index (χ4n) is 2.93. The molecule has 0 spiro atoms. The first-order valence-corrected chi connectivity index (χ1v) is 7.62. The summed E-state index contributed by atoms with van der Waals surface area (Å²) in [6.45, 7) is 5.86. The Morgan fingerprint density at radius 3 is 2.12 bits per heavy atom. The minimum atomic E-state index is 0.440. The monoisotopic (exact) mass is 243 g/mol. The summed E-state index contributed by atoms with van der Waals surface area (Å²) in [5.74, 6) is 1.02. The summed E-state index contributed by atoms with van der Waals surface area (Å²) in [5, 5.41) is 0. The molecule has 0 heterocycles. The van der Waals surface area contributed by atoms with Gasteiger partial charge in [-0.2, -0.15) is 12.6 Å². The van der Waals surface area contributed by atoms with E-state index in [0.29, 0.717) is 5.41 Å². The van der Waals surface area contributed by atoms with Gasteiger partial charge in [-0.1, -0.05) is 33.1 Å². The molecule has 0 N–H and O–H groups in total. The highest BCUT2D eigenvalue weighted by atomic mass is 32.1. The normalized spacial score (nSPS) is 19.3. The fraction of sp³-hybridized carbons (Fsp3) is 1.00. The lowest BCUT2D eigenvalue weighted by Crippen LogP contribution is -2.42. The highest BCUT2D eigenvalue weighted by Gasteiger charge is 2.29. The Bertz CT molecular complexity index is 175. The molecule has 0 saturated heterocycles. The number of hydrogen-bond acceptors (Lipinski definition) is 2. The predicted molar refractivity (Wildman–Crippen MR) is 76.4 cm³/mol. The van der Waals surface area contributed by atoms with Gasteiger partial charge >= 0.3 is 0 Å². The van der Waals surface area contributed by atoms with Crippen molar-refractivity contribution in [3.8, 4) is 0 Å². The van der Waals surface area contributed by atoms with Crippen molar-refractivity contribution < 1.29 is 0 Å². The Labute approximate surface area is 107 Å². The molecule has 2 heteroatoms. The van der Waals surface area contributed by atoms with Crippen molar-refractivity contribution in [2.75, 3.05) is 19.3 Å². The third-order valence-electron chi connectivity index (χ3n) is 4.62. The van der Waals surface area contributed by atoms with Gasteiger partial charge < -0.3 is 4.90 Å². The maximum absolute atomic E-state index is 4.57. The molecule has 1 rings (SSSR count). The number of rotatable bonds is 6. The molecular weight excluding hydrogens is 214 g/mol. The summed E-state index contributed by atoms with van der Waals surface area (Å²) in [4.78, 5) is 2.61. The van der Waals surface area contributed by atoms with Crippen LogP contribution in [0.3, 0.4) is 0 Å². The van der Waals surface area contributed by atoms with Crippen molar-refractivity contribution in [1.82, 2.24) is 4.90 Å². The van der Waals surface area contributed by atoms with Gasteiger partial charge in [0.2, 0.25) is 0 Å². The zero-order valence-electron chi connectivity index (χ0n) is 11.3. The van der Waals surface area contributed by atoms with Crippen LogP contribution < -0.4 is 0 Å². The van der Waals surface area contributed by atoms with Crippen LogP contribution in [0.5, 0.6) is 0 Å². The van der Waals surface area contributed by atoms with Crippen molar-refractivity contribution in [2.24, 2.45) is 5.41 Å². The number of thiol groups is 1. The van der Waals surface area contributed by atoms with Gasteiger partial charge in [0.25, 0.3) is 0 Å². The molecule has 0 bridgehead atoms. The van der Waals surface area contributed by atoms with Gasteiger partial charge in [0, 0.05) is 12.6 Å². The van der Waals surface area contributed by atoms with Crippen molar-refractivity contribution in [1.29, 1.82) is 0 Å². The van der Waals surface area contributed by atoms with Gasteiger partial charge in [0.15, 0.2) is 0 Å². The maximum atomic E-state index is 4.57. The molecule has 0 aromatic heterocycles. The molecular formula is C14H29NS. The van der Waals surface area contributed by atoms with Crippen LogP contribution in [-0.4, -0.2) is 30.3 Å². The van der Waals surface area contributed by atoms with E-state index in [4.69, 9.17) is 0 Å². The molecule has 0 aromatic rings. The van der Waals surface area contributed by atoms with Crippen LogP contribution in [0.1, 0.15) is 58.8 Å². The second-order valence-electron chi connectivity index (χ2n) is 5.57. The number of hydrogen-bond donors (Lipinski definition) is 1. The van der Waals surface area contributed by atoms with Crippen molar-refractivity contribution in [3.05, 3.63) is 0 Å². The molecule has 1 saturated carbocycles. The molecule has 1 fully saturated rings. The molecule has 0 atom stereocenters. The highest BCUT2D eigenvalue weighted by Crippen LogP contribution is 2.31. The molecule has 1 aliphatic rings. The van der Waals surface area contributed by atoms with Crippen molar-refractivity contribution >= 4 is 12.6 Å². The molecule has 1 nitrogen and oxygen atoms in total. The minimum Gasteiger partial charge on any atom is -0.303 e. The molecule has 0 unspecified atom stereocenters. The summed E-state index contributed by atoms with van der Waals surface area (Å²) >= 11 is 4.57. The van der Waals surface area contributed by atoms with E-state index in [1.807, 2.05) is 0 Å². The van der Waals surface area contributed by atoms with E-state index in [9.17, 15) is 0 Å². The summed E-state index contributed by atoms with van der Waals surface area (Å²) < 4.78 is 0. The first-order chi connectivity index (χ1) is 7.67. The molecule has 0 radical (unpaired) electrons. The van der Waals surface area contributed by atoms with Crippen LogP contribution >= 0.6 is 12.6 Å². The standard InChI is InChI=1S/C14H29NS/c1-4-14(5-2,12-16)11-15(3)13-9-7-6-8-10-13/h13,16H,4-12H2,1-3H3. The Hall–Kier alpha value is 0.310. The number of nitrogens with zero attached hydrogens (tertiary/aromatic N) is 1. The first kappa shape index (κ1) is 14.4. The van der Waals surface area contributed by atoms with Crippen LogP contribution in [0.15, 0.2) is 0 Å². The van der Waals surface area contributed by atoms with Crippen molar-refractivity contribution in [3.63, 3.8) is 0 Å². The smallest absolute Gasteiger partial charge is 0.00924 e. The average Bonchev–Trinajstić information content (AvgIpc) is 2.37. The Balaban J connectivity index is 2.49. The average molecular weight is 243 g/mol. The Kier molecular flexibility index (Phi) is 6.20. The van der Waals surface area contributed by atoms with E-state index in [-0.39, 0.29) is 0 Å². The molecule has 0 aromatic carbocycles. The van der Waals surface area contributed by atoms with Gasteiger partial charge in [0.1, 0.15) is 0 Å². The Morgan fingerprint density at radius 1 is 1.12 bits per heavy atom. The van der Waals surface area contributed by atoms with Gasteiger partial charge in [-0.05, 0) is 43.9 Å². The highest BCUT2D eigenvalue weighted by molar-refractivity contribution is 7.80. The van der Waals surface area contributed by atoms with Crippen LogP contribution in [0, 0.1) is 5.41 Å². The van der Waals surface area contributed by atoms with E-state index < -0.39 is 0 Å². The summed E-state index contributed by atoms with van der Waals surface area (Å²) in [6, 6.07) is 0.839. The minimum absolute atomic E-state index is 0.440. The third-order valence-corrected chi connectivity index (χ3v) is 5.29. The van der Waals surface area contributed by atoms with Crippen LogP contribution in [-0.2, 0) is 0 Å². The molecule has 0 aliphatic heterocycles. The fourth-order valence-corrected chi connectivity index (χ4v) is 3.47. The van der Waals surface area contributed by atoms with Crippen LogP contribution in [0.4, 0.5) is 0 Å². The SMILES string of the molecule is CCC(CC)(CS)CN(C)C1CCCCC1. The zero-order valence-corrected chi connectivity index (χ0v) is 12.2. The summed E-state index contributed by atoms with van der Waals surface area (Å²) in [6.07, 6.45) is 9.64. The quantitative estimate of drug-likeness (QED) is 0.690. The lowest BCUT2D eigenvalue weighted by atomic mass is 9.83. The van der Waals surface area contributed by atoms with E-state index in [1.165, 1.54) is 51.5 Å². The molecule has 16 heavy (non-hydrogen) atoms. The van der Waals surface area contributed by atoms with E-state index in [0.717, 1.165) is 11.8 Å². The lowest BCUT2D eigenvalue weighted by molar-refractivity contribution is 0.119. The second kappa shape index (κ2) is 6.90. The van der Waals surface area contributed by atoms with Gasteiger partial charge in [-0.3, -0.25) is 0 Å². The molecule has 96 valence electrons. The maximum Gasteiger partial charge on any atom is 0.00924 e. The van der Waals surface area contributed by atoms with Crippen LogP contribution in [0.2, 0.25) is 0 Å². The summed E-state index contributed by atoms with van der Waals surface area (Å²) in [7, 11) is 2.32. The van der Waals surface area contributed by atoms with E-state index in [1.54, 1.807) is 0 Å². The molecule has 0 amide bonds.